The number of likely N-dealkylation sites (tertiary alicyclic amines) is 1. The van der Waals surface area contributed by atoms with E-state index in [0.29, 0.717) is 5.84 Å². The fourth-order valence-electron chi connectivity index (χ4n) is 2.15. The molecule has 3 heteroatoms. The molecule has 0 aromatic rings. The fourth-order valence-corrected chi connectivity index (χ4v) is 2.15. The predicted molar refractivity (Wildman–Crippen MR) is 56.0 cm³/mol. The molecule has 1 unspecified atom stereocenters. The Morgan fingerprint density at radius 2 is 2.31 bits per heavy atom. The summed E-state index contributed by atoms with van der Waals surface area (Å²) in [5.41, 5.74) is 5.35. The second kappa shape index (κ2) is 4.61. The molecule has 0 saturated carbocycles. The highest BCUT2D eigenvalue weighted by atomic mass is 15.2. The molecular formula is C10H21N3. The fraction of sp³-hybridized carbons (Fsp3) is 0.900. The number of hydrogen-bond acceptors (Lipinski definition) is 2. The Kier molecular flexibility index (Phi) is 3.72. The minimum atomic E-state index is 0.314. The van der Waals surface area contributed by atoms with Gasteiger partial charge in [-0.15, -0.1) is 0 Å². The van der Waals surface area contributed by atoms with Gasteiger partial charge in [0.25, 0.3) is 0 Å². The summed E-state index contributed by atoms with van der Waals surface area (Å²) in [5, 5.41) is 7.18. The van der Waals surface area contributed by atoms with Crippen molar-refractivity contribution >= 4 is 5.84 Å². The van der Waals surface area contributed by atoms with Crippen LogP contribution in [0.25, 0.3) is 0 Å². The third-order valence-electron chi connectivity index (χ3n) is 2.85. The van der Waals surface area contributed by atoms with Crippen LogP contribution in [0.3, 0.4) is 0 Å². The third-order valence-corrected chi connectivity index (χ3v) is 2.85. The Morgan fingerprint density at radius 3 is 2.85 bits per heavy atom. The summed E-state index contributed by atoms with van der Waals surface area (Å²) in [7, 11) is 0. The van der Waals surface area contributed by atoms with Crippen LogP contribution in [0.5, 0.6) is 0 Å². The van der Waals surface area contributed by atoms with E-state index >= 15 is 0 Å². The molecule has 76 valence electrons. The zero-order valence-electron chi connectivity index (χ0n) is 8.71. The molecule has 0 spiro atoms. The average molecular weight is 183 g/mol. The monoisotopic (exact) mass is 183 g/mol. The van der Waals surface area contributed by atoms with Crippen molar-refractivity contribution in [1.82, 2.24) is 4.90 Å². The Balaban J connectivity index is 2.35. The summed E-state index contributed by atoms with van der Waals surface area (Å²) in [4.78, 5) is 2.48. The molecule has 0 amide bonds. The van der Waals surface area contributed by atoms with E-state index in [-0.39, 0.29) is 0 Å². The van der Waals surface area contributed by atoms with E-state index in [9.17, 15) is 0 Å². The number of amidine groups is 1. The Morgan fingerprint density at radius 1 is 1.62 bits per heavy atom. The number of hydrogen-bond donors (Lipinski definition) is 2. The smallest absolute Gasteiger partial charge is 0.0918 e. The van der Waals surface area contributed by atoms with E-state index in [1.54, 1.807) is 0 Å². The second-order valence-corrected chi connectivity index (χ2v) is 4.26. The summed E-state index contributed by atoms with van der Waals surface area (Å²) < 4.78 is 0. The van der Waals surface area contributed by atoms with E-state index in [1.165, 1.54) is 19.4 Å². The number of nitrogens with one attached hydrogen (secondary N) is 1. The van der Waals surface area contributed by atoms with Gasteiger partial charge in [-0.05, 0) is 25.3 Å². The molecule has 1 heterocycles. The van der Waals surface area contributed by atoms with Gasteiger partial charge in [-0.25, -0.2) is 0 Å². The van der Waals surface area contributed by atoms with Crippen LogP contribution in [0.1, 0.15) is 33.1 Å². The minimum Gasteiger partial charge on any atom is -0.388 e. The van der Waals surface area contributed by atoms with E-state index in [1.807, 2.05) is 0 Å². The van der Waals surface area contributed by atoms with Gasteiger partial charge in [0.15, 0.2) is 0 Å². The first-order chi connectivity index (χ1) is 6.11. The second-order valence-electron chi connectivity index (χ2n) is 4.26. The molecule has 0 aromatic heterocycles. The van der Waals surface area contributed by atoms with Crippen LogP contribution in [0.4, 0.5) is 0 Å². The first kappa shape index (κ1) is 10.5. The van der Waals surface area contributed by atoms with Gasteiger partial charge < -0.3 is 5.73 Å². The summed E-state index contributed by atoms with van der Waals surface area (Å²) in [6.07, 6.45) is 3.35. The molecule has 1 fully saturated rings. The molecule has 1 rings (SSSR count). The van der Waals surface area contributed by atoms with Gasteiger partial charge >= 0.3 is 0 Å². The van der Waals surface area contributed by atoms with Gasteiger partial charge in [0, 0.05) is 19.0 Å². The van der Waals surface area contributed by atoms with Crippen molar-refractivity contribution in [3.8, 4) is 0 Å². The highest BCUT2D eigenvalue weighted by Gasteiger charge is 2.26. The lowest BCUT2D eigenvalue weighted by Gasteiger charge is -2.27. The molecule has 1 saturated heterocycles. The summed E-state index contributed by atoms with van der Waals surface area (Å²) in [6.45, 7) is 6.71. The van der Waals surface area contributed by atoms with Crippen LogP contribution < -0.4 is 5.73 Å². The molecule has 3 nitrogen and oxygen atoms in total. The van der Waals surface area contributed by atoms with Crippen LogP contribution in [0.15, 0.2) is 0 Å². The third kappa shape index (κ3) is 2.99. The van der Waals surface area contributed by atoms with Crippen LogP contribution in [0, 0.1) is 11.3 Å². The van der Waals surface area contributed by atoms with Gasteiger partial charge in [0.1, 0.15) is 0 Å². The lowest BCUT2D eigenvalue weighted by Crippen LogP contribution is -2.35. The topological polar surface area (TPSA) is 53.1 Å². The Bertz CT molecular complexity index is 177. The largest absolute Gasteiger partial charge is 0.388 e. The first-order valence-electron chi connectivity index (χ1n) is 5.18. The Labute approximate surface area is 80.8 Å². The normalized spacial score (nSPS) is 24.1. The molecule has 3 N–H and O–H groups in total. The number of nitrogens with two attached hydrogens (primary N) is 1. The van der Waals surface area contributed by atoms with E-state index < -0.39 is 0 Å². The number of nitrogens with zero attached hydrogens (tertiary/aromatic N) is 1. The van der Waals surface area contributed by atoms with Gasteiger partial charge in [0.05, 0.1) is 5.84 Å². The summed E-state index contributed by atoms with van der Waals surface area (Å²) in [5.74, 6) is 1.05. The maximum Gasteiger partial charge on any atom is 0.0918 e. The van der Waals surface area contributed by atoms with Crippen LogP contribution in [0.2, 0.25) is 0 Å². The van der Waals surface area contributed by atoms with Crippen LogP contribution in [-0.2, 0) is 0 Å². The SMILES string of the molecule is CC(C)C1CCCN1CCC(=N)N. The van der Waals surface area contributed by atoms with Crippen molar-refractivity contribution in [3.05, 3.63) is 0 Å². The van der Waals surface area contributed by atoms with Gasteiger partial charge in [-0.3, -0.25) is 10.3 Å². The van der Waals surface area contributed by atoms with Crippen molar-refractivity contribution < 1.29 is 0 Å². The molecule has 0 aliphatic carbocycles. The maximum absolute atomic E-state index is 7.18. The van der Waals surface area contributed by atoms with Crippen LogP contribution in [-0.4, -0.2) is 29.9 Å². The summed E-state index contributed by atoms with van der Waals surface area (Å²) >= 11 is 0. The van der Waals surface area contributed by atoms with Gasteiger partial charge in [0.2, 0.25) is 0 Å². The van der Waals surface area contributed by atoms with E-state index in [2.05, 4.69) is 18.7 Å². The molecule has 1 aliphatic heterocycles. The standard InChI is InChI=1S/C10H21N3/c1-8(2)9-4-3-6-13(9)7-5-10(11)12/h8-9H,3-7H2,1-2H3,(H3,11,12). The van der Waals surface area contributed by atoms with Crippen LogP contribution >= 0.6 is 0 Å². The first-order valence-corrected chi connectivity index (χ1v) is 5.18. The van der Waals surface area contributed by atoms with E-state index in [4.69, 9.17) is 11.1 Å². The van der Waals surface area contributed by atoms with Crippen molar-refractivity contribution in [3.63, 3.8) is 0 Å². The predicted octanol–water partition coefficient (Wildman–Crippen LogP) is 1.43. The zero-order valence-corrected chi connectivity index (χ0v) is 8.71. The molecule has 0 bridgehead atoms. The number of rotatable bonds is 4. The average Bonchev–Trinajstić information content (AvgIpc) is 2.47. The van der Waals surface area contributed by atoms with Gasteiger partial charge in [-0.2, -0.15) is 0 Å². The van der Waals surface area contributed by atoms with Crippen molar-refractivity contribution in [1.29, 1.82) is 5.41 Å². The molecule has 13 heavy (non-hydrogen) atoms. The summed E-state index contributed by atoms with van der Waals surface area (Å²) in [6, 6.07) is 0.722. The van der Waals surface area contributed by atoms with E-state index in [0.717, 1.165) is 24.9 Å². The quantitative estimate of drug-likeness (QED) is 0.512. The Hall–Kier alpha value is -0.570. The lowest BCUT2D eigenvalue weighted by atomic mass is 10.0. The molecular weight excluding hydrogens is 162 g/mol. The maximum atomic E-state index is 7.18. The highest BCUT2D eigenvalue weighted by molar-refractivity contribution is 5.76. The molecule has 0 aromatic carbocycles. The van der Waals surface area contributed by atoms with Crippen molar-refractivity contribution in [2.45, 2.75) is 39.2 Å². The molecule has 1 aliphatic rings. The lowest BCUT2D eigenvalue weighted by molar-refractivity contribution is 0.212. The van der Waals surface area contributed by atoms with Gasteiger partial charge in [-0.1, -0.05) is 13.8 Å². The van der Waals surface area contributed by atoms with Crippen molar-refractivity contribution in [2.75, 3.05) is 13.1 Å². The van der Waals surface area contributed by atoms with Crippen molar-refractivity contribution in [2.24, 2.45) is 11.7 Å². The molecule has 1 atom stereocenters. The zero-order chi connectivity index (χ0) is 9.84. The highest BCUT2D eigenvalue weighted by Crippen LogP contribution is 2.23. The minimum absolute atomic E-state index is 0.314. The molecule has 0 radical (unpaired) electrons.